The number of nitrogens with zero attached hydrogens (tertiary/aromatic N) is 1. The van der Waals surface area contributed by atoms with Crippen molar-refractivity contribution in [3.63, 3.8) is 0 Å². The van der Waals surface area contributed by atoms with Crippen LogP contribution < -0.4 is 5.32 Å². The number of rotatable bonds is 5. The number of hydrogen-bond donors (Lipinski definition) is 1. The molecular weight excluding hydrogens is 216 g/mol. The number of likely N-dealkylation sites (tertiary alicyclic amines) is 1. The highest BCUT2D eigenvalue weighted by Gasteiger charge is 2.42. The average Bonchev–Trinajstić information content (AvgIpc) is 2.28. The van der Waals surface area contributed by atoms with Gasteiger partial charge in [-0.1, -0.05) is 0 Å². The third-order valence-corrected chi connectivity index (χ3v) is 3.98. The second kappa shape index (κ2) is 6.14. The Kier molecular flexibility index (Phi) is 4.79. The minimum absolute atomic E-state index is 0.238. The van der Waals surface area contributed by atoms with Crippen LogP contribution in [0, 0.1) is 0 Å². The maximum atomic E-state index is 5.65. The van der Waals surface area contributed by atoms with Crippen molar-refractivity contribution in [1.82, 2.24) is 10.2 Å². The van der Waals surface area contributed by atoms with Gasteiger partial charge in [0.15, 0.2) is 0 Å². The van der Waals surface area contributed by atoms with Gasteiger partial charge in [0.1, 0.15) is 0 Å². The van der Waals surface area contributed by atoms with Gasteiger partial charge in [-0.2, -0.15) is 0 Å². The van der Waals surface area contributed by atoms with Crippen molar-refractivity contribution in [3.05, 3.63) is 0 Å². The Bertz CT molecular complexity index is 237. The Balaban J connectivity index is 1.76. The summed E-state index contributed by atoms with van der Waals surface area (Å²) in [4.78, 5) is 2.40. The zero-order valence-corrected chi connectivity index (χ0v) is 11.3. The summed E-state index contributed by atoms with van der Waals surface area (Å²) in [5.41, 5.74) is 0. The molecule has 1 aliphatic heterocycles. The first kappa shape index (κ1) is 13.3. The van der Waals surface area contributed by atoms with Crippen molar-refractivity contribution in [3.8, 4) is 0 Å². The second-order valence-electron chi connectivity index (χ2n) is 5.30. The van der Waals surface area contributed by atoms with Crippen LogP contribution in [0.25, 0.3) is 0 Å². The number of ether oxygens (including phenoxy) is 2. The molecule has 1 aliphatic carbocycles. The Morgan fingerprint density at radius 1 is 1.41 bits per heavy atom. The topological polar surface area (TPSA) is 33.7 Å². The van der Waals surface area contributed by atoms with Gasteiger partial charge in [0.2, 0.25) is 0 Å². The quantitative estimate of drug-likeness (QED) is 0.775. The molecule has 1 saturated heterocycles. The molecular formula is C13H26N2O2. The first-order valence-electron chi connectivity index (χ1n) is 6.83. The van der Waals surface area contributed by atoms with E-state index in [0.717, 1.165) is 19.6 Å². The molecule has 2 fully saturated rings. The van der Waals surface area contributed by atoms with Gasteiger partial charge in [-0.25, -0.2) is 0 Å². The molecule has 0 spiro atoms. The van der Waals surface area contributed by atoms with E-state index in [1.165, 1.54) is 19.4 Å². The van der Waals surface area contributed by atoms with Crippen LogP contribution in [0.3, 0.4) is 0 Å². The van der Waals surface area contributed by atoms with Crippen molar-refractivity contribution >= 4 is 0 Å². The van der Waals surface area contributed by atoms with Crippen molar-refractivity contribution in [2.45, 2.75) is 50.5 Å². The maximum Gasteiger partial charge on any atom is 0.0986 e. The molecule has 0 aromatic carbocycles. The van der Waals surface area contributed by atoms with Gasteiger partial charge in [-0.3, -0.25) is 0 Å². The number of likely N-dealkylation sites (N-methyl/N-ethyl adjacent to an activating group) is 1. The highest BCUT2D eigenvalue weighted by molar-refractivity contribution is 4.99. The Labute approximate surface area is 105 Å². The van der Waals surface area contributed by atoms with Gasteiger partial charge in [-0.15, -0.1) is 0 Å². The van der Waals surface area contributed by atoms with E-state index in [9.17, 15) is 0 Å². The fraction of sp³-hybridized carbons (Fsp3) is 1.00. The van der Waals surface area contributed by atoms with Gasteiger partial charge in [0.05, 0.1) is 12.2 Å². The average molecular weight is 242 g/mol. The van der Waals surface area contributed by atoms with E-state index >= 15 is 0 Å². The predicted octanol–water partition coefficient (Wildman–Crippen LogP) is 0.863. The van der Waals surface area contributed by atoms with Crippen molar-refractivity contribution in [2.75, 3.05) is 33.9 Å². The van der Waals surface area contributed by atoms with Crippen LogP contribution in [0.4, 0.5) is 0 Å². The number of piperidine rings is 1. The summed E-state index contributed by atoms with van der Waals surface area (Å²) in [5.74, 6) is 0. The second-order valence-corrected chi connectivity index (χ2v) is 5.30. The van der Waals surface area contributed by atoms with E-state index in [-0.39, 0.29) is 6.10 Å². The summed E-state index contributed by atoms with van der Waals surface area (Å²) < 4.78 is 11.2. The molecule has 100 valence electrons. The minimum Gasteiger partial charge on any atom is -0.377 e. The monoisotopic (exact) mass is 242 g/mol. The van der Waals surface area contributed by atoms with E-state index < -0.39 is 0 Å². The number of hydrogen-bond acceptors (Lipinski definition) is 4. The van der Waals surface area contributed by atoms with Crippen molar-refractivity contribution in [1.29, 1.82) is 0 Å². The van der Waals surface area contributed by atoms with Gasteiger partial charge >= 0.3 is 0 Å². The van der Waals surface area contributed by atoms with Crippen molar-refractivity contribution in [2.24, 2.45) is 0 Å². The molecule has 0 radical (unpaired) electrons. The van der Waals surface area contributed by atoms with E-state index in [1.54, 1.807) is 7.11 Å². The molecule has 0 aromatic rings. The molecule has 0 aromatic heterocycles. The molecule has 0 amide bonds. The van der Waals surface area contributed by atoms with Crippen LogP contribution in [-0.2, 0) is 9.47 Å². The summed E-state index contributed by atoms with van der Waals surface area (Å²) in [6, 6.07) is 1.10. The lowest BCUT2D eigenvalue weighted by molar-refractivity contribution is -0.134. The summed E-state index contributed by atoms with van der Waals surface area (Å²) in [5, 5.41) is 3.73. The minimum atomic E-state index is 0.238. The number of methoxy groups -OCH3 is 1. The first-order valence-corrected chi connectivity index (χ1v) is 6.83. The lowest BCUT2D eigenvalue weighted by Gasteiger charge is -2.46. The molecule has 2 aliphatic rings. The third kappa shape index (κ3) is 3.19. The van der Waals surface area contributed by atoms with Gasteiger partial charge in [-0.05, 0) is 39.8 Å². The molecule has 1 saturated carbocycles. The van der Waals surface area contributed by atoms with Gasteiger partial charge in [0.25, 0.3) is 0 Å². The fourth-order valence-electron chi connectivity index (χ4n) is 3.04. The highest BCUT2D eigenvalue weighted by atomic mass is 16.5. The Hall–Kier alpha value is -0.160. The summed E-state index contributed by atoms with van der Waals surface area (Å²) >= 11 is 0. The van der Waals surface area contributed by atoms with E-state index in [2.05, 4.69) is 17.3 Å². The molecule has 4 atom stereocenters. The molecule has 4 nitrogen and oxygen atoms in total. The molecule has 17 heavy (non-hydrogen) atoms. The Morgan fingerprint density at radius 3 is 2.88 bits per heavy atom. The molecule has 4 heteroatoms. The molecule has 2 rings (SSSR count). The van der Waals surface area contributed by atoms with Crippen LogP contribution in [0.15, 0.2) is 0 Å². The van der Waals surface area contributed by atoms with Crippen LogP contribution in [0.1, 0.15) is 26.2 Å². The maximum absolute atomic E-state index is 5.65. The lowest BCUT2D eigenvalue weighted by atomic mass is 9.84. The zero-order valence-electron chi connectivity index (χ0n) is 11.3. The third-order valence-electron chi connectivity index (χ3n) is 3.98. The number of nitrogens with one attached hydrogen (secondary N) is 1. The SMILES string of the molecule is CCOC1CC(NC2CCCN(C)C2)C1OC. The largest absolute Gasteiger partial charge is 0.377 e. The Morgan fingerprint density at radius 2 is 2.24 bits per heavy atom. The van der Waals surface area contributed by atoms with Crippen LogP contribution in [0.5, 0.6) is 0 Å². The van der Waals surface area contributed by atoms with Crippen molar-refractivity contribution < 1.29 is 9.47 Å². The van der Waals surface area contributed by atoms with Gasteiger partial charge < -0.3 is 19.7 Å². The standard InChI is InChI=1S/C13H26N2O2/c1-4-17-12-8-11(13(12)16-3)14-10-6-5-7-15(2)9-10/h10-14H,4-9H2,1-3H3. The molecule has 4 unspecified atom stereocenters. The molecule has 0 bridgehead atoms. The van der Waals surface area contributed by atoms with E-state index in [4.69, 9.17) is 9.47 Å². The van der Waals surface area contributed by atoms with Crippen LogP contribution >= 0.6 is 0 Å². The van der Waals surface area contributed by atoms with Crippen LogP contribution in [0.2, 0.25) is 0 Å². The lowest BCUT2D eigenvalue weighted by Crippen LogP contribution is -2.63. The smallest absolute Gasteiger partial charge is 0.0986 e. The highest BCUT2D eigenvalue weighted by Crippen LogP contribution is 2.28. The summed E-state index contributed by atoms with van der Waals surface area (Å²) in [6.45, 7) is 5.22. The summed E-state index contributed by atoms with van der Waals surface area (Å²) in [7, 11) is 3.99. The summed E-state index contributed by atoms with van der Waals surface area (Å²) in [6.07, 6.45) is 4.21. The van der Waals surface area contributed by atoms with Crippen LogP contribution in [-0.4, -0.2) is 63.0 Å². The fourth-order valence-corrected chi connectivity index (χ4v) is 3.04. The predicted molar refractivity (Wildman–Crippen MR) is 68.3 cm³/mol. The van der Waals surface area contributed by atoms with E-state index in [1.807, 2.05) is 6.92 Å². The van der Waals surface area contributed by atoms with Gasteiger partial charge in [0, 0.05) is 32.3 Å². The normalized spacial score (nSPS) is 39.0. The zero-order chi connectivity index (χ0) is 12.3. The first-order chi connectivity index (χ1) is 8.24. The van der Waals surface area contributed by atoms with E-state index in [0.29, 0.717) is 18.2 Å². The molecule has 1 N–H and O–H groups in total. The molecule has 1 heterocycles.